The van der Waals surface area contributed by atoms with Crippen LogP contribution in [0.2, 0.25) is 0 Å². The lowest BCUT2D eigenvalue weighted by atomic mass is 9.96. The summed E-state index contributed by atoms with van der Waals surface area (Å²) in [7, 11) is 4.32. The number of aliphatic hydroxyl groups excluding tert-OH is 1. The Morgan fingerprint density at radius 3 is 2.50 bits per heavy atom. The molecule has 1 unspecified atom stereocenters. The molecule has 0 spiro atoms. The largest absolute Gasteiger partial charge is 0.396 e. The number of nitrogens with one attached hydrogen (secondary N) is 1. The van der Waals surface area contributed by atoms with Gasteiger partial charge < -0.3 is 20.2 Å². The summed E-state index contributed by atoms with van der Waals surface area (Å²) in [6, 6.07) is 0.449. The molecule has 1 aliphatic rings. The predicted molar refractivity (Wildman–Crippen MR) is 76.9 cm³/mol. The smallest absolute Gasteiger partial charge is 0.0446 e. The molecule has 1 saturated heterocycles. The van der Waals surface area contributed by atoms with Crippen molar-refractivity contribution in [1.29, 1.82) is 0 Å². The molecule has 0 aromatic carbocycles. The van der Waals surface area contributed by atoms with Crippen LogP contribution in [0.1, 0.15) is 26.2 Å². The average molecular weight is 257 g/mol. The summed E-state index contributed by atoms with van der Waals surface area (Å²) in [4.78, 5) is 4.85. The lowest BCUT2D eigenvalue weighted by Gasteiger charge is -2.35. The SMILES string of the molecule is CCNC(CCO)CN1CCC(CN(C)C)CC1. The summed E-state index contributed by atoms with van der Waals surface area (Å²) >= 11 is 0. The molecular weight excluding hydrogens is 226 g/mol. The zero-order valence-electron chi connectivity index (χ0n) is 12.4. The van der Waals surface area contributed by atoms with E-state index in [-0.39, 0.29) is 6.61 Å². The van der Waals surface area contributed by atoms with Crippen molar-refractivity contribution in [2.24, 2.45) is 5.92 Å². The van der Waals surface area contributed by atoms with Gasteiger partial charge in [-0.2, -0.15) is 0 Å². The molecule has 18 heavy (non-hydrogen) atoms. The van der Waals surface area contributed by atoms with Gasteiger partial charge in [-0.3, -0.25) is 0 Å². The van der Waals surface area contributed by atoms with Crippen LogP contribution in [0.3, 0.4) is 0 Å². The molecule has 1 atom stereocenters. The van der Waals surface area contributed by atoms with E-state index >= 15 is 0 Å². The van der Waals surface area contributed by atoms with E-state index in [1.165, 1.54) is 32.5 Å². The van der Waals surface area contributed by atoms with Gasteiger partial charge in [0, 0.05) is 25.7 Å². The summed E-state index contributed by atoms with van der Waals surface area (Å²) < 4.78 is 0. The quantitative estimate of drug-likeness (QED) is 0.669. The third kappa shape index (κ3) is 6.14. The molecule has 0 saturated carbocycles. The van der Waals surface area contributed by atoms with Gasteiger partial charge in [0.2, 0.25) is 0 Å². The van der Waals surface area contributed by atoms with E-state index in [0.29, 0.717) is 6.04 Å². The van der Waals surface area contributed by atoms with Crippen LogP contribution in [0.5, 0.6) is 0 Å². The highest BCUT2D eigenvalue weighted by atomic mass is 16.3. The van der Waals surface area contributed by atoms with Crippen LogP contribution in [-0.4, -0.2) is 74.4 Å². The molecule has 4 heteroatoms. The van der Waals surface area contributed by atoms with Gasteiger partial charge >= 0.3 is 0 Å². The Labute approximate surface area is 112 Å². The van der Waals surface area contributed by atoms with Crippen molar-refractivity contribution < 1.29 is 5.11 Å². The van der Waals surface area contributed by atoms with Crippen molar-refractivity contribution >= 4 is 0 Å². The number of piperidine rings is 1. The van der Waals surface area contributed by atoms with Gasteiger partial charge in [0.05, 0.1) is 0 Å². The van der Waals surface area contributed by atoms with Crippen molar-refractivity contribution in [1.82, 2.24) is 15.1 Å². The van der Waals surface area contributed by atoms with E-state index in [9.17, 15) is 0 Å². The lowest BCUT2D eigenvalue weighted by molar-refractivity contribution is 0.143. The molecule has 108 valence electrons. The van der Waals surface area contributed by atoms with Crippen molar-refractivity contribution in [3.8, 4) is 0 Å². The summed E-state index contributed by atoms with van der Waals surface area (Å²) in [5.74, 6) is 0.867. The maximum absolute atomic E-state index is 9.07. The summed E-state index contributed by atoms with van der Waals surface area (Å²) in [5, 5.41) is 12.5. The topological polar surface area (TPSA) is 38.7 Å². The van der Waals surface area contributed by atoms with Crippen LogP contribution >= 0.6 is 0 Å². The Morgan fingerprint density at radius 1 is 1.33 bits per heavy atom. The van der Waals surface area contributed by atoms with Crippen LogP contribution in [0.25, 0.3) is 0 Å². The number of likely N-dealkylation sites (N-methyl/N-ethyl adjacent to an activating group) is 1. The summed E-state index contributed by atoms with van der Waals surface area (Å²) in [5.41, 5.74) is 0. The van der Waals surface area contributed by atoms with Crippen LogP contribution in [0.15, 0.2) is 0 Å². The molecule has 1 aliphatic heterocycles. The number of hydrogen-bond donors (Lipinski definition) is 2. The number of aliphatic hydroxyl groups is 1. The molecule has 2 N–H and O–H groups in total. The fourth-order valence-electron chi connectivity index (χ4n) is 2.88. The Balaban J connectivity index is 2.24. The van der Waals surface area contributed by atoms with Gasteiger partial charge in [0.1, 0.15) is 0 Å². The van der Waals surface area contributed by atoms with Gasteiger partial charge in [0.25, 0.3) is 0 Å². The van der Waals surface area contributed by atoms with Crippen LogP contribution in [0.4, 0.5) is 0 Å². The number of hydrogen-bond acceptors (Lipinski definition) is 4. The van der Waals surface area contributed by atoms with Gasteiger partial charge in [-0.25, -0.2) is 0 Å². The normalized spacial score (nSPS) is 20.5. The second kappa shape index (κ2) is 8.86. The van der Waals surface area contributed by atoms with E-state index < -0.39 is 0 Å². The molecule has 4 nitrogen and oxygen atoms in total. The highest BCUT2D eigenvalue weighted by molar-refractivity contribution is 4.78. The third-order valence-electron chi connectivity index (χ3n) is 3.78. The molecular formula is C14H31N3O. The highest BCUT2D eigenvalue weighted by Crippen LogP contribution is 2.18. The standard InChI is InChI=1S/C14H31N3O/c1-4-15-14(7-10-18)12-17-8-5-13(6-9-17)11-16(2)3/h13-15,18H,4-12H2,1-3H3. The Bertz CT molecular complexity index is 197. The second-order valence-electron chi connectivity index (χ2n) is 5.77. The predicted octanol–water partition coefficient (Wildman–Crippen LogP) is 0.621. The minimum atomic E-state index is 0.286. The van der Waals surface area contributed by atoms with Gasteiger partial charge in [-0.05, 0) is 58.9 Å². The fourth-order valence-corrected chi connectivity index (χ4v) is 2.88. The molecule has 0 aliphatic carbocycles. The van der Waals surface area contributed by atoms with Gasteiger partial charge in [-0.1, -0.05) is 6.92 Å². The Morgan fingerprint density at radius 2 is 2.00 bits per heavy atom. The first-order valence-electron chi connectivity index (χ1n) is 7.37. The minimum absolute atomic E-state index is 0.286. The van der Waals surface area contributed by atoms with Crippen LogP contribution in [0, 0.1) is 5.92 Å². The fraction of sp³-hybridized carbons (Fsp3) is 1.00. The molecule has 1 rings (SSSR count). The first kappa shape index (κ1) is 15.9. The second-order valence-corrected chi connectivity index (χ2v) is 5.77. The molecule has 1 fully saturated rings. The maximum Gasteiger partial charge on any atom is 0.0446 e. The molecule has 1 heterocycles. The van der Waals surface area contributed by atoms with E-state index in [0.717, 1.165) is 25.4 Å². The molecule has 0 radical (unpaired) electrons. The van der Waals surface area contributed by atoms with Gasteiger partial charge in [-0.15, -0.1) is 0 Å². The van der Waals surface area contributed by atoms with Crippen molar-refractivity contribution in [2.75, 3.05) is 53.4 Å². The monoisotopic (exact) mass is 257 g/mol. The van der Waals surface area contributed by atoms with Gasteiger partial charge in [0.15, 0.2) is 0 Å². The van der Waals surface area contributed by atoms with Crippen molar-refractivity contribution in [3.63, 3.8) is 0 Å². The van der Waals surface area contributed by atoms with E-state index in [1.807, 2.05) is 0 Å². The van der Waals surface area contributed by atoms with Crippen molar-refractivity contribution in [3.05, 3.63) is 0 Å². The van der Waals surface area contributed by atoms with Crippen molar-refractivity contribution in [2.45, 2.75) is 32.2 Å². The Kier molecular flexibility index (Phi) is 7.82. The third-order valence-corrected chi connectivity index (χ3v) is 3.78. The first-order chi connectivity index (χ1) is 8.65. The van der Waals surface area contributed by atoms with E-state index in [1.54, 1.807) is 0 Å². The van der Waals surface area contributed by atoms with Crippen LogP contribution in [-0.2, 0) is 0 Å². The Hall–Kier alpha value is -0.160. The molecule has 0 bridgehead atoms. The average Bonchev–Trinajstić information content (AvgIpc) is 2.31. The molecule has 0 aromatic rings. The maximum atomic E-state index is 9.07. The molecule has 0 aromatic heterocycles. The summed E-state index contributed by atoms with van der Waals surface area (Å²) in [6.45, 7) is 8.14. The first-order valence-corrected chi connectivity index (χ1v) is 7.37. The zero-order valence-corrected chi connectivity index (χ0v) is 12.4. The van der Waals surface area contributed by atoms with E-state index in [4.69, 9.17) is 5.11 Å². The minimum Gasteiger partial charge on any atom is -0.396 e. The van der Waals surface area contributed by atoms with E-state index in [2.05, 4.69) is 36.1 Å². The number of rotatable bonds is 8. The number of likely N-dealkylation sites (tertiary alicyclic amines) is 1. The molecule has 0 amide bonds. The zero-order chi connectivity index (χ0) is 13.4. The number of nitrogens with zero attached hydrogens (tertiary/aromatic N) is 2. The summed E-state index contributed by atoms with van der Waals surface area (Å²) in [6.07, 6.45) is 3.50. The highest BCUT2D eigenvalue weighted by Gasteiger charge is 2.21. The lowest BCUT2D eigenvalue weighted by Crippen LogP contribution is -2.45. The van der Waals surface area contributed by atoms with Crippen LogP contribution < -0.4 is 5.32 Å².